The molecule has 2 rings (SSSR count). The monoisotopic (exact) mass is 368 g/mol. The van der Waals surface area contributed by atoms with Crippen molar-refractivity contribution < 1.29 is 19.1 Å². The Kier molecular flexibility index (Phi) is 7.55. The van der Waals surface area contributed by atoms with Gasteiger partial charge in [-0.15, -0.1) is 0 Å². The maximum Gasteiger partial charge on any atom is 0.329 e. The van der Waals surface area contributed by atoms with Gasteiger partial charge in [0.05, 0.1) is 0 Å². The number of nitrogens with one attached hydrogen (secondary N) is 2. The zero-order valence-electron chi connectivity index (χ0n) is 15.5. The number of amides is 2. The molecule has 1 atom stereocenters. The Balaban J connectivity index is 2.05. The van der Waals surface area contributed by atoms with E-state index < -0.39 is 12.0 Å². The van der Waals surface area contributed by atoms with Gasteiger partial charge in [0.1, 0.15) is 6.04 Å². The highest BCUT2D eigenvalue weighted by Crippen LogP contribution is 2.07. The number of hydrogen-bond acceptors (Lipinski definition) is 4. The van der Waals surface area contributed by atoms with Gasteiger partial charge >= 0.3 is 5.97 Å². The van der Waals surface area contributed by atoms with Crippen molar-refractivity contribution in [2.45, 2.75) is 32.4 Å². The van der Waals surface area contributed by atoms with Crippen LogP contribution in [0.5, 0.6) is 0 Å². The summed E-state index contributed by atoms with van der Waals surface area (Å²) in [6, 6.07) is 17.0. The highest BCUT2D eigenvalue weighted by molar-refractivity contribution is 5.97. The van der Waals surface area contributed by atoms with Crippen LogP contribution in [-0.2, 0) is 20.7 Å². The first kappa shape index (κ1) is 20.2. The van der Waals surface area contributed by atoms with E-state index in [1.54, 1.807) is 30.3 Å². The Morgan fingerprint density at radius 1 is 0.889 bits per heavy atom. The Labute approximate surface area is 158 Å². The molecule has 0 saturated heterocycles. The number of carbonyl (C=O) groups excluding carboxylic acids is 3. The summed E-state index contributed by atoms with van der Waals surface area (Å²) in [5.41, 5.74) is 1.32. The van der Waals surface area contributed by atoms with Crippen molar-refractivity contribution in [2.75, 3.05) is 6.61 Å². The highest BCUT2D eigenvalue weighted by Gasteiger charge is 2.24. The van der Waals surface area contributed by atoms with E-state index in [-0.39, 0.29) is 30.9 Å². The molecular weight excluding hydrogens is 344 g/mol. The third-order valence-electron chi connectivity index (χ3n) is 3.70. The molecule has 0 aliphatic carbocycles. The predicted molar refractivity (Wildman–Crippen MR) is 102 cm³/mol. The van der Waals surface area contributed by atoms with Gasteiger partial charge in [0, 0.05) is 18.0 Å². The van der Waals surface area contributed by atoms with Gasteiger partial charge in [-0.1, -0.05) is 48.5 Å². The van der Waals surface area contributed by atoms with E-state index in [2.05, 4.69) is 10.6 Å². The molecule has 2 amide bonds. The molecule has 0 unspecified atom stereocenters. The lowest BCUT2D eigenvalue weighted by atomic mass is 10.1. The molecule has 0 bridgehead atoms. The van der Waals surface area contributed by atoms with Gasteiger partial charge in [0.15, 0.2) is 6.61 Å². The van der Waals surface area contributed by atoms with E-state index in [1.807, 2.05) is 44.2 Å². The van der Waals surface area contributed by atoms with Crippen LogP contribution in [0.15, 0.2) is 60.7 Å². The van der Waals surface area contributed by atoms with Crippen molar-refractivity contribution in [1.29, 1.82) is 0 Å². The van der Waals surface area contributed by atoms with Crippen LogP contribution in [0.4, 0.5) is 0 Å². The van der Waals surface area contributed by atoms with Crippen molar-refractivity contribution in [3.8, 4) is 0 Å². The second-order valence-electron chi connectivity index (χ2n) is 6.41. The van der Waals surface area contributed by atoms with Crippen molar-refractivity contribution >= 4 is 17.8 Å². The maximum atomic E-state index is 12.5. The lowest BCUT2D eigenvalue weighted by Gasteiger charge is -2.18. The Morgan fingerprint density at radius 3 is 2.07 bits per heavy atom. The highest BCUT2D eigenvalue weighted by atomic mass is 16.5. The molecular formula is C21H24N2O4. The van der Waals surface area contributed by atoms with Crippen LogP contribution in [0.1, 0.15) is 29.8 Å². The molecule has 0 aromatic heterocycles. The third kappa shape index (κ3) is 6.93. The van der Waals surface area contributed by atoms with E-state index >= 15 is 0 Å². The van der Waals surface area contributed by atoms with Crippen LogP contribution in [0.25, 0.3) is 0 Å². The largest absolute Gasteiger partial charge is 0.454 e. The standard InChI is InChI=1S/C21H24N2O4/c1-15(2)22-19(24)14-27-21(26)18(13-16-9-5-3-6-10-16)23-20(25)17-11-7-4-8-12-17/h3-12,15,18H,13-14H2,1-2H3,(H,22,24)(H,23,25)/t18-/m1/s1. The van der Waals surface area contributed by atoms with Crippen molar-refractivity contribution in [3.05, 3.63) is 71.8 Å². The number of hydrogen-bond donors (Lipinski definition) is 2. The topological polar surface area (TPSA) is 84.5 Å². The van der Waals surface area contributed by atoms with Gasteiger partial charge < -0.3 is 15.4 Å². The fourth-order valence-electron chi connectivity index (χ4n) is 2.48. The second kappa shape index (κ2) is 10.1. The molecule has 2 aromatic carbocycles. The normalized spacial score (nSPS) is 11.5. The number of carbonyl (C=O) groups is 3. The van der Waals surface area contributed by atoms with E-state index in [4.69, 9.17) is 4.74 Å². The van der Waals surface area contributed by atoms with Gasteiger partial charge in [-0.2, -0.15) is 0 Å². The predicted octanol–water partition coefficient (Wildman–Crippen LogP) is 2.10. The molecule has 0 aliphatic heterocycles. The minimum absolute atomic E-state index is 0.0471. The van der Waals surface area contributed by atoms with E-state index in [9.17, 15) is 14.4 Å². The molecule has 0 fully saturated rings. The van der Waals surface area contributed by atoms with Gasteiger partial charge in [-0.25, -0.2) is 4.79 Å². The van der Waals surface area contributed by atoms with E-state index in [0.717, 1.165) is 5.56 Å². The van der Waals surface area contributed by atoms with Crippen LogP contribution in [0.2, 0.25) is 0 Å². The van der Waals surface area contributed by atoms with Gasteiger partial charge in [-0.3, -0.25) is 9.59 Å². The number of rotatable bonds is 8. The molecule has 2 aromatic rings. The Bertz CT molecular complexity index is 760. The summed E-state index contributed by atoms with van der Waals surface area (Å²) in [7, 11) is 0. The fraction of sp³-hybridized carbons (Fsp3) is 0.286. The molecule has 6 nitrogen and oxygen atoms in total. The van der Waals surface area contributed by atoms with Crippen LogP contribution >= 0.6 is 0 Å². The van der Waals surface area contributed by atoms with E-state index in [0.29, 0.717) is 5.56 Å². The molecule has 0 spiro atoms. The first-order valence-electron chi connectivity index (χ1n) is 8.81. The summed E-state index contributed by atoms with van der Waals surface area (Å²) in [4.78, 5) is 36.6. The molecule has 142 valence electrons. The molecule has 27 heavy (non-hydrogen) atoms. The SMILES string of the molecule is CC(C)NC(=O)COC(=O)[C@@H](Cc1ccccc1)NC(=O)c1ccccc1. The third-order valence-corrected chi connectivity index (χ3v) is 3.70. The molecule has 0 saturated carbocycles. The van der Waals surface area contributed by atoms with Crippen molar-refractivity contribution in [1.82, 2.24) is 10.6 Å². The van der Waals surface area contributed by atoms with Gasteiger partial charge in [0.25, 0.3) is 11.8 Å². The average molecular weight is 368 g/mol. The molecule has 0 radical (unpaired) electrons. The smallest absolute Gasteiger partial charge is 0.329 e. The van der Waals surface area contributed by atoms with Gasteiger partial charge in [-0.05, 0) is 31.5 Å². The summed E-state index contributed by atoms with van der Waals surface area (Å²) in [5, 5.41) is 5.35. The van der Waals surface area contributed by atoms with Crippen molar-refractivity contribution in [2.24, 2.45) is 0 Å². The van der Waals surface area contributed by atoms with E-state index in [1.165, 1.54) is 0 Å². The Morgan fingerprint density at radius 2 is 1.48 bits per heavy atom. The lowest BCUT2D eigenvalue weighted by Crippen LogP contribution is -2.44. The maximum absolute atomic E-state index is 12.5. The molecule has 0 heterocycles. The summed E-state index contributed by atoms with van der Waals surface area (Å²) in [5.74, 6) is -1.41. The second-order valence-corrected chi connectivity index (χ2v) is 6.41. The van der Waals surface area contributed by atoms with Crippen LogP contribution < -0.4 is 10.6 Å². The summed E-state index contributed by atoms with van der Waals surface area (Å²) < 4.78 is 5.11. The lowest BCUT2D eigenvalue weighted by molar-refractivity contribution is -0.150. The summed E-state index contributed by atoms with van der Waals surface area (Å²) >= 11 is 0. The number of benzene rings is 2. The number of ether oxygens (including phenoxy) is 1. The zero-order valence-corrected chi connectivity index (χ0v) is 15.5. The van der Waals surface area contributed by atoms with Gasteiger partial charge in [0.2, 0.25) is 0 Å². The fourth-order valence-corrected chi connectivity index (χ4v) is 2.48. The first-order chi connectivity index (χ1) is 13.0. The van der Waals surface area contributed by atoms with Crippen LogP contribution in [0.3, 0.4) is 0 Å². The Hall–Kier alpha value is -3.15. The minimum atomic E-state index is -0.896. The minimum Gasteiger partial charge on any atom is -0.454 e. The van der Waals surface area contributed by atoms with Crippen molar-refractivity contribution in [3.63, 3.8) is 0 Å². The van der Waals surface area contributed by atoms with Crippen LogP contribution in [0, 0.1) is 0 Å². The average Bonchev–Trinajstić information content (AvgIpc) is 2.66. The summed E-state index contributed by atoms with van der Waals surface area (Å²) in [6.07, 6.45) is 0.268. The molecule has 0 aliphatic rings. The molecule has 2 N–H and O–H groups in total. The quantitative estimate of drug-likeness (QED) is 0.699. The first-order valence-corrected chi connectivity index (χ1v) is 8.81. The molecule has 6 heteroatoms. The zero-order chi connectivity index (χ0) is 19.6. The summed E-state index contributed by atoms with van der Waals surface area (Å²) in [6.45, 7) is 3.25. The van der Waals surface area contributed by atoms with Crippen LogP contribution in [-0.4, -0.2) is 36.5 Å². The number of esters is 1.